The lowest BCUT2D eigenvalue weighted by Gasteiger charge is -2.11. The van der Waals surface area contributed by atoms with E-state index in [2.05, 4.69) is 20.5 Å². The maximum atomic E-state index is 12.5. The smallest absolute Gasteiger partial charge is 0.325 e. The first-order valence-electron chi connectivity index (χ1n) is 7.40. The Balaban J connectivity index is 1.57. The Morgan fingerprint density at radius 3 is 2.58 bits per heavy atom. The number of hydrogen-bond donors (Lipinski definition) is 2. The fourth-order valence-corrected chi connectivity index (χ4v) is 2.78. The number of aromatic nitrogens is 3. The molecule has 5 nitrogen and oxygen atoms in total. The van der Waals surface area contributed by atoms with Crippen LogP contribution in [-0.4, -0.2) is 26.3 Å². The molecule has 128 valence electrons. The van der Waals surface area contributed by atoms with Crippen LogP contribution in [0.3, 0.4) is 0 Å². The van der Waals surface area contributed by atoms with Crippen molar-refractivity contribution in [2.45, 2.75) is 42.3 Å². The third-order valence-electron chi connectivity index (χ3n) is 3.58. The number of amides is 1. The predicted molar refractivity (Wildman–Crippen MR) is 83.8 cm³/mol. The third kappa shape index (κ3) is 4.08. The summed E-state index contributed by atoms with van der Waals surface area (Å²) in [6.45, 7) is 1.69. The Labute approximate surface area is 140 Å². The van der Waals surface area contributed by atoms with E-state index in [-0.39, 0.29) is 5.91 Å². The van der Waals surface area contributed by atoms with Crippen molar-refractivity contribution in [3.05, 3.63) is 35.7 Å². The maximum Gasteiger partial charge on any atom is 0.416 e. The molecule has 1 unspecified atom stereocenters. The molecule has 1 atom stereocenters. The lowest BCUT2D eigenvalue weighted by Crippen LogP contribution is -2.22. The van der Waals surface area contributed by atoms with Crippen molar-refractivity contribution in [3.8, 4) is 0 Å². The highest BCUT2D eigenvalue weighted by atomic mass is 32.2. The van der Waals surface area contributed by atoms with E-state index in [1.54, 1.807) is 6.92 Å². The molecule has 1 saturated carbocycles. The molecule has 0 radical (unpaired) electrons. The number of H-pyrrole nitrogens is 1. The van der Waals surface area contributed by atoms with Crippen LogP contribution < -0.4 is 5.32 Å². The number of thioether (sulfide) groups is 1. The van der Waals surface area contributed by atoms with E-state index in [0.29, 0.717) is 16.8 Å². The molecule has 1 amide bonds. The first-order valence-corrected chi connectivity index (χ1v) is 8.28. The number of hydrogen-bond acceptors (Lipinski definition) is 4. The van der Waals surface area contributed by atoms with E-state index in [1.165, 1.54) is 23.9 Å². The molecular formula is C15H15F3N4OS. The van der Waals surface area contributed by atoms with Crippen molar-refractivity contribution in [2.75, 3.05) is 5.32 Å². The maximum absolute atomic E-state index is 12.5. The topological polar surface area (TPSA) is 70.7 Å². The van der Waals surface area contributed by atoms with E-state index >= 15 is 0 Å². The minimum absolute atomic E-state index is 0.314. The normalized spacial score (nSPS) is 16.0. The number of anilines is 1. The number of halogens is 3. The Kier molecular flexibility index (Phi) is 4.53. The molecule has 0 aliphatic heterocycles. The summed E-state index contributed by atoms with van der Waals surface area (Å²) >= 11 is 1.20. The van der Waals surface area contributed by atoms with E-state index in [4.69, 9.17) is 0 Å². The van der Waals surface area contributed by atoms with Crippen LogP contribution in [0.25, 0.3) is 0 Å². The first-order chi connectivity index (χ1) is 11.3. The summed E-state index contributed by atoms with van der Waals surface area (Å²) in [5, 5.41) is 9.53. The zero-order chi connectivity index (χ0) is 17.3. The summed E-state index contributed by atoms with van der Waals surface area (Å²) in [5.74, 6) is 0.966. The lowest BCUT2D eigenvalue weighted by atomic mass is 10.2. The molecule has 0 bridgehead atoms. The number of carbonyl (C=O) groups excluding carboxylic acids is 1. The average molecular weight is 356 g/mol. The molecule has 1 heterocycles. The van der Waals surface area contributed by atoms with E-state index < -0.39 is 17.0 Å². The molecule has 3 rings (SSSR count). The van der Waals surface area contributed by atoms with Gasteiger partial charge in [-0.15, -0.1) is 5.10 Å². The van der Waals surface area contributed by atoms with Gasteiger partial charge in [0.25, 0.3) is 0 Å². The van der Waals surface area contributed by atoms with Gasteiger partial charge in [-0.25, -0.2) is 4.98 Å². The number of benzene rings is 1. The molecule has 1 aromatic heterocycles. The third-order valence-corrected chi connectivity index (χ3v) is 4.54. The summed E-state index contributed by atoms with van der Waals surface area (Å²) in [5.41, 5.74) is -0.439. The molecule has 24 heavy (non-hydrogen) atoms. The second-order valence-corrected chi connectivity index (χ2v) is 6.91. The SMILES string of the molecule is CC(Sc1n[nH]c(C2CC2)n1)C(=O)Nc1ccc(C(F)(F)F)cc1. The number of alkyl halides is 3. The van der Waals surface area contributed by atoms with Gasteiger partial charge in [0, 0.05) is 11.6 Å². The summed E-state index contributed by atoms with van der Waals surface area (Å²) in [6, 6.07) is 4.33. The van der Waals surface area contributed by atoms with Crippen molar-refractivity contribution < 1.29 is 18.0 Å². The van der Waals surface area contributed by atoms with Crippen LogP contribution in [0.15, 0.2) is 29.4 Å². The standard InChI is InChI=1S/C15H15F3N4OS/c1-8(24-14-20-12(21-22-14)9-2-3-9)13(23)19-11-6-4-10(5-7-11)15(16,17)18/h4-9H,2-3H2,1H3,(H,19,23)(H,20,21,22). The number of rotatable bonds is 5. The second kappa shape index (κ2) is 6.46. The van der Waals surface area contributed by atoms with Gasteiger partial charge in [-0.2, -0.15) is 13.2 Å². The molecule has 1 fully saturated rings. The van der Waals surface area contributed by atoms with Gasteiger partial charge in [-0.3, -0.25) is 9.89 Å². The van der Waals surface area contributed by atoms with Crippen LogP contribution >= 0.6 is 11.8 Å². The highest BCUT2D eigenvalue weighted by molar-refractivity contribution is 8.00. The van der Waals surface area contributed by atoms with Gasteiger partial charge in [0.1, 0.15) is 5.82 Å². The molecule has 2 aromatic rings. The van der Waals surface area contributed by atoms with Gasteiger partial charge in [0.2, 0.25) is 11.1 Å². The van der Waals surface area contributed by atoms with E-state index in [1.807, 2.05) is 0 Å². The zero-order valence-corrected chi connectivity index (χ0v) is 13.5. The Morgan fingerprint density at radius 2 is 2.00 bits per heavy atom. The summed E-state index contributed by atoms with van der Waals surface area (Å²) in [7, 11) is 0. The molecular weight excluding hydrogens is 341 g/mol. The van der Waals surface area contributed by atoms with Crippen LogP contribution in [0.2, 0.25) is 0 Å². The molecule has 1 aromatic carbocycles. The van der Waals surface area contributed by atoms with E-state index in [0.717, 1.165) is 30.8 Å². The fourth-order valence-electron chi connectivity index (χ4n) is 2.05. The second-order valence-electron chi connectivity index (χ2n) is 5.60. The van der Waals surface area contributed by atoms with Crippen LogP contribution in [-0.2, 0) is 11.0 Å². The van der Waals surface area contributed by atoms with Crippen LogP contribution in [0.4, 0.5) is 18.9 Å². The number of nitrogens with zero attached hydrogens (tertiary/aromatic N) is 2. The molecule has 2 N–H and O–H groups in total. The highest BCUT2D eigenvalue weighted by Crippen LogP contribution is 2.38. The largest absolute Gasteiger partial charge is 0.416 e. The van der Waals surface area contributed by atoms with Crippen LogP contribution in [0.1, 0.15) is 37.1 Å². The van der Waals surface area contributed by atoms with Gasteiger partial charge in [0.15, 0.2) is 0 Å². The number of aromatic amines is 1. The fraction of sp³-hybridized carbons (Fsp3) is 0.400. The Morgan fingerprint density at radius 1 is 1.33 bits per heavy atom. The molecule has 1 aliphatic carbocycles. The van der Waals surface area contributed by atoms with Crippen molar-refractivity contribution in [1.82, 2.24) is 15.2 Å². The lowest BCUT2D eigenvalue weighted by molar-refractivity contribution is -0.137. The molecule has 1 aliphatic rings. The Hall–Kier alpha value is -2.03. The average Bonchev–Trinajstić information content (AvgIpc) is 3.27. The molecule has 0 saturated heterocycles. The summed E-state index contributed by atoms with van der Waals surface area (Å²) in [6.07, 6.45) is -2.19. The predicted octanol–water partition coefficient (Wildman–Crippen LogP) is 3.82. The van der Waals surface area contributed by atoms with Gasteiger partial charge in [0.05, 0.1) is 10.8 Å². The molecule has 9 heteroatoms. The first kappa shape index (κ1) is 16.8. The zero-order valence-electron chi connectivity index (χ0n) is 12.7. The minimum atomic E-state index is -4.39. The summed E-state index contributed by atoms with van der Waals surface area (Å²) < 4.78 is 37.5. The van der Waals surface area contributed by atoms with Crippen molar-refractivity contribution >= 4 is 23.4 Å². The highest BCUT2D eigenvalue weighted by Gasteiger charge is 2.30. The monoisotopic (exact) mass is 356 g/mol. The van der Waals surface area contributed by atoms with Gasteiger partial charge in [-0.1, -0.05) is 11.8 Å². The van der Waals surface area contributed by atoms with Crippen molar-refractivity contribution in [2.24, 2.45) is 0 Å². The number of carbonyl (C=O) groups is 1. The minimum Gasteiger partial charge on any atom is -0.325 e. The quantitative estimate of drug-likeness (QED) is 0.799. The van der Waals surface area contributed by atoms with E-state index in [9.17, 15) is 18.0 Å². The number of nitrogens with one attached hydrogen (secondary N) is 2. The Bertz CT molecular complexity index is 725. The van der Waals surface area contributed by atoms with Gasteiger partial charge < -0.3 is 5.32 Å². The van der Waals surface area contributed by atoms with Gasteiger partial charge in [-0.05, 0) is 44.0 Å². The van der Waals surface area contributed by atoms with Crippen molar-refractivity contribution in [3.63, 3.8) is 0 Å². The van der Waals surface area contributed by atoms with Crippen LogP contribution in [0, 0.1) is 0 Å². The van der Waals surface area contributed by atoms with Crippen LogP contribution in [0.5, 0.6) is 0 Å². The molecule has 0 spiro atoms. The summed E-state index contributed by atoms with van der Waals surface area (Å²) in [4.78, 5) is 16.5. The van der Waals surface area contributed by atoms with Crippen molar-refractivity contribution in [1.29, 1.82) is 0 Å². The van der Waals surface area contributed by atoms with Gasteiger partial charge >= 0.3 is 6.18 Å².